The number of benzene rings is 1. The molecule has 1 aliphatic rings. The summed E-state index contributed by atoms with van der Waals surface area (Å²) in [5, 5.41) is 2.97. The third kappa shape index (κ3) is 4.56. The van der Waals surface area contributed by atoms with Crippen molar-refractivity contribution in [3.63, 3.8) is 0 Å². The molecular weight excluding hydrogens is 378 g/mol. The molecule has 0 radical (unpaired) electrons. The van der Waals surface area contributed by atoms with Gasteiger partial charge in [-0.15, -0.1) is 0 Å². The summed E-state index contributed by atoms with van der Waals surface area (Å²) in [6, 6.07) is 13.9. The third-order valence-electron chi connectivity index (χ3n) is 5.45. The number of hydrogen-bond acceptors (Lipinski definition) is 4. The zero-order chi connectivity index (χ0) is 20.9. The second kappa shape index (κ2) is 8.90. The number of carbonyl (C=O) groups excluding carboxylic acids is 2. The number of aryl methyl sites for hydroxylation is 1. The van der Waals surface area contributed by atoms with Gasteiger partial charge in [-0.05, 0) is 36.6 Å². The summed E-state index contributed by atoms with van der Waals surface area (Å²) in [7, 11) is 0. The van der Waals surface area contributed by atoms with Crippen LogP contribution < -0.4 is 5.32 Å². The standard InChI is InChI=1S/C23H25N5O2/c1-17-24-10-12-28(17)21-13-19(7-9-25-21)15-26-23(30)20-14-22(29)27(16-20)11-8-18-5-3-2-4-6-18/h2-7,9-10,12-13,20H,8,11,14-16H2,1H3,(H,26,30). The van der Waals surface area contributed by atoms with Crippen LogP contribution in [0.1, 0.15) is 23.4 Å². The van der Waals surface area contributed by atoms with Crippen molar-refractivity contribution in [2.24, 2.45) is 5.92 Å². The van der Waals surface area contributed by atoms with Crippen molar-refractivity contribution in [3.8, 4) is 5.82 Å². The summed E-state index contributed by atoms with van der Waals surface area (Å²) < 4.78 is 1.89. The summed E-state index contributed by atoms with van der Waals surface area (Å²) in [4.78, 5) is 35.3. The molecule has 154 valence electrons. The maximum atomic E-state index is 12.6. The van der Waals surface area contributed by atoms with E-state index in [1.165, 1.54) is 5.56 Å². The monoisotopic (exact) mass is 403 g/mol. The Bertz CT molecular complexity index is 1030. The lowest BCUT2D eigenvalue weighted by Gasteiger charge is -2.16. The normalized spacial score (nSPS) is 16.1. The maximum absolute atomic E-state index is 12.6. The third-order valence-corrected chi connectivity index (χ3v) is 5.45. The van der Waals surface area contributed by atoms with Crippen LogP contribution in [0.5, 0.6) is 0 Å². The van der Waals surface area contributed by atoms with E-state index in [4.69, 9.17) is 0 Å². The molecule has 3 heterocycles. The average molecular weight is 403 g/mol. The number of hydrogen-bond donors (Lipinski definition) is 1. The molecule has 4 rings (SSSR count). The second-order valence-electron chi connectivity index (χ2n) is 7.56. The first-order valence-corrected chi connectivity index (χ1v) is 10.1. The van der Waals surface area contributed by atoms with Gasteiger partial charge in [-0.3, -0.25) is 14.2 Å². The molecule has 1 fully saturated rings. The number of carbonyl (C=O) groups is 2. The largest absolute Gasteiger partial charge is 0.352 e. The summed E-state index contributed by atoms with van der Waals surface area (Å²) in [6.45, 7) is 3.44. The van der Waals surface area contributed by atoms with Crippen LogP contribution in [0.2, 0.25) is 0 Å². The molecule has 7 heteroatoms. The summed E-state index contributed by atoms with van der Waals surface area (Å²) in [5.41, 5.74) is 2.14. The van der Waals surface area contributed by atoms with Gasteiger partial charge in [-0.1, -0.05) is 30.3 Å². The fourth-order valence-electron chi connectivity index (χ4n) is 3.73. The molecule has 0 spiro atoms. The van der Waals surface area contributed by atoms with Gasteiger partial charge in [-0.25, -0.2) is 9.97 Å². The Morgan fingerprint density at radius 3 is 2.73 bits per heavy atom. The number of pyridine rings is 1. The highest BCUT2D eigenvalue weighted by Crippen LogP contribution is 2.19. The highest BCUT2D eigenvalue weighted by molar-refractivity contribution is 5.89. The van der Waals surface area contributed by atoms with E-state index in [-0.39, 0.29) is 24.2 Å². The van der Waals surface area contributed by atoms with E-state index in [9.17, 15) is 9.59 Å². The van der Waals surface area contributed by atoms with Crippen molar-refractivity contribution in [3.05, 3.63) is 78.0 Å². The van der Waals surface area contributed by atoms with E-state index >= 15 is 0 Å². The Labute approximate surface area is 175 Å². The van der Waals surface area contributed by atoms with E-state index < -0.39 is 0 Å². The van der Waals surface area contributed by atoms with Crippen molar-refractivity contribution < 1.29 is 9.59 Å². The highest BCUT2D eigenvalue weighted by Gasteiger charge is 2.33. The van der Waals surface area contributed by atoms with Gasteiger partial charge in [0.2, 0.25) is 11.8 Å². The molecule has 1 N–H and O–H groups in total. The number of aromatic nitrogens is 3. The average Bonchev–Trinajstić information content (AvgIpc) is 3.37. The van der Waals surface area contributed by atoms with Crippen LogP contribution in [0.15, 0.2) is 61.1 Å². The fourth-order valence-corrected chi connectivity index (χ4v) is 3.73. The van der Waals surface area contributed by atoms with Gasteiger partial charge in [0.1, 0.15) is 11.6 Å². The molecule has 0 saturated carbocycles. The predicted molar refractivity (Wildman–Crippen MR) is 113 cm³/mol. The first-order chi connectivity index (χ1) is 14.6. The minimum Gasteiger partial charge on any atom is -0.352 e. The topological polar surface area (TPSA) is 80.1 Å². The van der Waals surface area contributed by atoms with Crippen LogP contribution in [0.25, 0.3) is 5.82 Å². The molecule has 2 amide bonds. The number of likely N-dealkylation sites (tertiary alicyclic amines) is 1. The van der Waals surface area contributed by atoms with Crippen LogP contribution in [0.4, 0.5) is 0 Å². The van der Waals surface area contributed by atoms with Crippen LogP contribution in [0, 0.1) is 12.8 Å². The molecular formula is C23H25N5O2. The van der Waals surface area contributed by atoms with Gasteiger partial charge >= 0.3 is 0 Å². The number of nitrogens with one attached hydrogen (secondary N) is 1. The van der Waals surface area contributed by atoms with E-state index in [1.807, 2.05) is 48.0 Å². The lowest BCUT2D eigenvalue weighted by atomic mass is 10.1. The molecule has 1 atom stereocenters. The van der Waals surface area contributed by atoms with Crippen molar-refractivity contribution >= 4 is 11.8 Å². The van der Waals surface area contributed by atoms with Crippen molar-refractivity contribution in [2.45, 2.75) is 26.3 Å². The van der Waals surface area contributed by atoms with Gasteiger partial charge in [0, 0.05) is 44.6 Å². The van der Waals surface area contributed by atoms with Gasteiger partial charge in [0.15, 0.2) is 0 Å². The highest BCUT2D eigenvalue weighted by atomic mass is 16.2. The number of rotatable bonds is 7. The first-order valence-electron chi connectivity index (χ1n) is 10.1. The molecule has 0 aliphatic carbocycles. The Balaban J connectivity index is 1.30. The second-order valence-corrected chi connectivity index (χ2v) is 7.56. The van der Waals surface area contributed by atoms with Crippen molar-refractivity contribution in [1.29, 1.82) is 0 Å². The number of amides is 2. The van der Waals surface area contributed by atoms with Gasteiger partial charge in [0.25, 0.3) is 0 Å². The summed E-state index contributed by atoms with van der Waals surface area (Å²) in [5.74, 6) is 1.28. The molecule has 1 aromatic carbocycles. The fraction of sp³-hybridized carbons (Fsp3) is 0.304. The van der Waals surface area contributed by atoms with Gasteiger partial charge in [-0.2, -0.15) is 0 Å². The molecule has 1 unspecified atom stereocenters. The molecule has 7 nitrogen and oxygen atoms in total. The van der Waals surface area contributed by atoms with Crippen LogP contribution >= 0.6 is 0 Å². The summed E-state index contributed by atoms with van der Waals surface area (Å²) in [6.07, 6.45) is 6.38. The zero-order valence-corrected chi connectivity index (χ0v) is 17.0. The van der Waals surface area contributed by atoms with E-state index in [2.05, 4.69) is 27.4 Å². The maximum Gasteiger partial charge on any atom is 0.225 e. The Morgan fingerprint density at radius 2 is 1.97 bits per heavy atom. The number of nitrogens with zero attached hydrogens (tertiary/aromatic N) is 4. The quantitative estimate of drug-likeness (QED) is 0.656. The molecule has 30 heavy (non-hydrogen) atoms. The van der Waals surface area contributed by atoms with Crippen molar-refractivity contribution in [1.82, 2.24) is 24.8 Å². The Morgan fingerprint density at radius 1 is 1.13 bits per heavy atom. The molecule has 0 bridgehead atoms. The minimum absolute atomic E-state index is 0.0489. The van der Waals surface area contributed by atoms with Crippen molar-refractivity contribution in [2.75, 3.05) is 13.1 Å². The van der Waals surface area contributed by atoms with E-state index in [1.54, 1.807) is 17.3 Å². The first kappa shape index (κ1) is 19.8. The lowest BCUT2D eigenvalue weighted by Crippen LogP contribution is -2.33. The van der Waals surface area contributed by atoms with Crippen LogP contribution in [-0.4, -0.2) is 44.3 Å². The molecule has 1 aliphatic heterocycles. The summed E-state index contributed by atoms with van der Waals surface area (Å²) >= 11 is 0. The Kier molecular flexibility index (Phi) is 5.88. The SMILES string of the molecule is Cc1nccn1-c1cc(CNC(=O)C2CC(=O)N(CCc3ccccc3)C2)ccn1. The van der Waals surface area contributed by atoms with Gasteiger partial charge < -0.3 is 10.2 Å². The van der Waals surface area contributed by atoms with Crippen LogP contribution in [0.3, 0.4) is 0 Å². The molecule has 2 aromatic heterocycles. The Hall–Kier alpha value is -3.48. The lowest BCUT2D eigenvalue weighted by molar-refractivity contribution is -0.129. The molecule has 3 aromatic rings. The zero-order valence-electron chi connectivity index (χ0n) is 17.0. The predicted octanol–water partition coefficient (Wildman–Crippen LogP) is 2.28. The number of imidazole rings is 1. The minimum atomic E-state index is -0.300. The van der Waals surface area contributed by atoms with E-state index in [0.717, 1.165) is 23.6 Å². The van der Waals surface area contributed by atoms with Gasteiger partial charge in [0.05, 0.1) is 5.92 Å². The van der Waals surface area contributed by atoms with E-state index in [0.29, 0.717) is 19.6 Å². The van der Waals surface area contributed by atoms with Crippen LogP contribution in [-0.2, 0) is 22.6 Å². The smallest absolute Gasteiger partial charge is 0.225 e. The molecule has 1 saturated heterocycles.